The highest BCUT2D eigenvalue weighted by Crippen LogP contribution is 2.29. The van der Waals surface area contributed by atoms with Crippen molar-refractivity contribution in [1.82, 2.24) is 0 Å². The molecule has 0 radical (unpaired) electrons. The van der Waals surface area contributed by atoms with E-state index in [1.807, 2.05) is 6.07 Å². The lowest BCUT2D eigenvalue weighted by Gasteiger charge is -2.35. The normalized spacial score (nSPS) is 20.3. The molecule has 0 spiro atoms. The Bertz CT molecular complexity index is 434. The Hall–Kier alpha value is -1.78. The van der Waals surface area contributed by atoms with E-state index < -0.39 is 4.92 Å². The van der Waals surface area contributed by atoms with Crippen LogP contribution in [0.4, 0.5) is 17.1 Å². The van der Waals surface area contributed by atoms with Gasteiger partial charge in [0.2, 0.25) is 0 Å². The highest BCUT2D eigenvalue weighted by molar-refractivity contribution is 5.63. The summed E-state index contributed by atoms with van der Waals surface area (Å²) in [5, 5.41) is 10.8. The lowest BCUT2D eigenvalue weighted by atomic mass is 10.0. The first-order valence-corrected chi connectivity index (χ1v) is 5.89. The van der Waals surface area contributed by atoms with Gasteiger partial charge >= 0.3 is 0 Å². The Labute approximate surface area is 100 Å². The van der Waals surface area contributed by atoms with Gasteiger partial charge in [0.1, 0.15) is 0 Å². The molecule has 1 atom stereocenters. The van der Waals surface area contributed by atoms with Crippen LogP contribution in [0.25, 0.3) is 0 Å². The van der Waals surface area contributed by atoms with Crippen LogP contribution in [0, 0.1) is 10.1 Å². The molecule has 1 saturated heterocycles. The fourth-order valence-corrected chi connectivity index (χ4v) is 2.37. The Morgan fingerprint density at radius 2 is 2.18 bits per heavy atom. The summed E-state index contributed by atoms with van der Waals surface area (Å²) >= 11 is 0. The number of benzene rings is 1. The highest BCUT2D eigenvalue weighted by Gasteiger charge is 2.20. The number of anilines is 2. The second kappa shape index (κ2) is 4.61. The van der Waals surface area contributed by atoms with Crippen LogP contribution < -0.4 is 10.6 Å². The van der Waals surface area contributed by atoms with Crippen molar-refractivity contribution in [1.29, 1.82) is 0 Å². The van der Waals surface area contributed by atoms with Crippen LogP contribution in [0.2, 0.25) is 0 Å². The number of nitrogens with two attached hydrogens (primary N) is 1. The van der Waals surface area contributed by atoms with Gasteiger partial charge in [0.25, 0.3) is 5.69 Å². The summed E-state index contributed by atoms with van der Waals surface area (Å²) in [5.41, 5.74) is 7.10. The second-order valence-electron chi connectivity index (χ2n) is 4.58. The van der Waals surface area contributed by atoms with Gasteiger partial charge in [0.05, 0.1) is 4.92 Å². The molecular formula is C12H17N3O2. The third kappa shape index (κ3) is 2.49. The van der Waals surface area contributed by atoms with Crippen molar-refractivity contribution in [2.75, 3.05) is 17.2 Å². The van der Waals surface area contributed by atoms with Crippen LogP contribution in [0.1, 0.15) is 26.2 Å². The SMILES string of the molecule is CC1CCCCN1c1cc(N)cc([N+](=O)[O-])c1. The van der Waals surface area contributed by atoms with E-state index in [1.54, 1.807) is 6.07 Å². The highest BCUT2D eigenvalue weighted by atomic mass is 16.6. The van der Waals surface area contributed by atoms with E-state index in [0.717, 1.165) is 25.1 Å². The zero-order valence-electron chi connectivity index (χ0n) is 9.93. The molecule has 1 aliphatic heterocycles. The molecule has 1 aromatic carbocycles. The molecule has 0 aliphatic carbocycles. The molecule has 0 saturated carbocycles. The minimum Gasteiger partial charge on any atom is -0.398 e. The number of hydrogen-bond acceptors (Lipinski definition) is 4. The van der Waals surface area contributed by atoms with Crippen LogP contribution >= 0.6 is 0 Å². The predicted octanol–water partition coefficient (Wildman–Crippen LogP) is 2.56. The summed E-state index contributed by atoms with van der Waals surface area (Å²) in [6, 6.07) is 5.25. The maximum Gasteiger partial charge on any atom is 0.273 e. The topological polar surface area (TPSA) is 72.4 Å². The summed E-state index contributed by atoms with van der Waals surface area (Å²) in [7, 11) is 0. The fourth-order valence-electron chi connectivity index (χ4n) is 2.37. The minimum atomic E-state index is -0.394. The number of nitrogen functional groups attached to an aromatic ring is 1. The first kappa shape index (κ1) is 11.7. The fraction of sp³-hybridized carbons (Fsp3) is 0.500. The molecule has 1 aromatic rings. The maximum atomic E-state index is 10.8. The van der Waals surface area contributed by atoms with E-state index in [2.05, 4.69) is 11.8 Å². The molecule has 1 aliphatic rings. The molecule has 1 fully saturated rings. The first-order valence-electron chi connectivity index (χ1n) is 5.89. The number of nitro benzene ring substituents is 1. The van der Waals surface area contributed by atoms with Crippen molar-refractivity contribution in [2.24, 2.45) is 0 Å². The van der Waals surface area contributed by atoms with Gasteiger partial charge in [-0.2, -0.15) is 0 Å². The van der Waals surface area contributed by atoms with E-state index in [-0.39, 0.29) is 5.69 Å². The Morgan fingerprint density at radius 3 is 2.82 bits per heavy atom. The zero-order valence-corrected chi connectivity index (χ0v) is 9.93. The van der Waals surface area contributed by atoms with Crippen LogP contribution in [0.5, 0.6) is 0 Å². The molecular weight excluding hydrogens is 218 g/mol. The van der Waals surface area contributed by atoms with Crippen LogP contribution in [0.15, 0.2) is 18.2 Å². The van der Waals surface area contributed by atoms with Gasteiger partial charge in [0.15, 0.2) is 0 Å². The monoisotopic (exact) mass is 235 g/mol. The number of piperidine rings is 1. The van der Waals surface area contributed by atoms with Crippen LogP contribution in [-0.4, -0.2) is 17.5 Å². The molecule has 92 valence electrons. The van der Waals surface area contributed by atoms with Gasteiger partial charge in [-0.1, -0.05) is 0 Å². The summed E-state index contributed by atoms with van der Waals surface area (Å²) in [4.78, 5) is 12.6. The second-order valence-corrected chi connectivity index (χ2v) is 4.58. The van der Waals surface area contributed by atoms with Crippen LogP contribution in [0.3, 0.4) is 0 Å². The van der Waals surface area contributed by atoms with E-state index in [0.29, 0.717) is 11.7 Å². The average molecular weight is 235 g/mol. The van der Waals surface area contributed by atoms with E-state index >= 15 is 0 Å². The Kier molecular flexibility index (Phi) is 3.17. The molecule has 5 nitrogen and oxygen atoms in total. The predicted molar refractivity (Wildman–Crippen MR) is 68.2 cm³/mol. The third-order valence-corrected chi connectivity index (χ3v) is 3.27. The van der Waals surface area contributed by atoms with Crippen molar-refractivity contribution in [3.05, 3.63) is 28.3 Å². The summed E-state index contributed by atoms with van der Waals surface area (Å²) in [6.07, 6.45) is 3.48. The largest absolute Gasteiger partial charge is 0.398 e. The van der Waals surface area contributed by atoms with E-state index in [9.17, 15) is 10.1 Å². The maximum absolute atomic E-state index is 10.8. The quantitative estimate of drug-likeness (QED) is 0.485. The lowest BCUT2D eigenvalue weighted by molar-refractivity contribution is -0.384. The van der Waals surface area contributed by atoms with Crippen molar-refractivity contribution in [2.45, 2.75) is 32.2 Å². The lowest BCUT2D eigenvalue weighted by Crippen LogP contribution is -2.37. The van der Waals surface area contributed by atoms with Gasteiger partial charge in [-0.3, -0.25) is 10.1 Å². The number of rotatable bonds is 2. The van der Waals surface area contributed by atoms with E-state index in [4.69, 9.17) is 5.73 Å². The zero-order chi connectivity index (χ0) is 12.4. The number of nitro groups is 1. The Balaban J connectivity index is 2.33. The van der Waals surface area contributed by atoms with Crippen LogP contribution in [-0.2, 0) is 0 Å². The number of nitrogens with zero attached hydrogens (tertiary/aromatic N) is 2. The molecule has 2 rings (SSSR count). The minimum absolute atomic E-state index is 0.0674. The molecule has 0 amide bonds. The molecule has 5 heteroatoms. The molecule has 1 unspecified atom stereocenters. The van der Waals surface area contributed by atoms with Gasteiger partial charge in [-0.05, 0) is 32.3 Å². The van der Waals surface area contributed by atoms with Gasteiger partial charge < -0.3 is 10.6 Å². The van der Waals surface area contributed by atoms with Crippen molar-refractivity contribution < 1.29 is 4.92 Å². The third-order valence-electron chi connectivity index (χ3n) is 3.27. The number of non-ortho nitro benzene ring substituents is 1. The molecule has 17 heavy (non-hydrogen) atoms. The summed E-state index contributed by atoms with van der Waals surface area (Å²) < 4.78 is 0. The van der Waals surface area contributed by atoms with Gasteiger partial charge in [-0.15, -0.1) is 0 Å². The smallest absolute Gasteiger partial charge is 0.273 e. The van der Waals surface area contributed by atoms with Gasteiger partial charge in [0, 0.05) is 36.1 Å². The van der Waals surface area contributed by atoms with Crippen molar-refractivity contribution >= 4 is 17.1 Å². The standard InChI is InChI=1S/C12H17N3O2/c1-9-4-2-3-5-14(9)11-6-10(13)7-12(8-11)15(16)17/h6-9H,2-5,13H2,1H3. The van der Waals surface area contributed by atoms with Gasteiger partial charge in [-0.25, -0.2) is 0 Å². The summed E-state index contributed by atoms with van der Waals surface area (Å²) in [6.45, 7) is 3.09. The van der Waals surface area contributed by atoms with E-state index in [1.165, 1.54) is 12.5 Å². The number of hydrogen-bond donors (Lipinski definition) is 1. The molecule has 0 bridgehead atoms. The molecule has 2 N–H and O–H groups in total. The molecule has 0 aromatic heterocycles. The summed E-state index contributed by atoms with van der Waals surface area (Å²) in [5.74, 6) is 0. The average Bonchev–Trinajstić information content (AvgIpc) is 2.28. The molecule has 1 heterocycles. The first-order chi connectivity index (χ1) is 8.08. The van der Waals surface area contributed by atoms with Crippen molar-refractivity contribution in [3.8, 4) is 0 Å². The van der Waals surface area contributed by atoms with Crippen molar-refractivity contribution in [3.63, 3.8) is 0 Å². The Morgan fingerprint density at radius 1 is 1.41 bits per heavy atom.